The Hall–Kier alpha value is -2.50. The van der Waals surface area contributed by atoms with Gasteiger partial charge in [-0.05, 0) is 67.2 Å². The Morgan fingerprint density at radius 1 is 0.778 bits per heavy atom. The van der Waals surface area contributed by atoms with Crippen LogP contribution in [0.15, 0.2) is 78.9 Å². The number of rotatable bonds is 8. The zero-order chi connectivity index (χ0) is 23.9. The van der Waals surface area contributed by atoms with E-state index < -0.39 is 0 Å². The number of anilines is 1. The molecule has 4 nitrogen and oxygen atoms in total. The average molecular weight is 530 g/mol. The van der Waals surface area contributed by atoms with Crippen molar-refractivity contribution in [2.45, 2.75) is 32.7 Å². The number of para-hydroxylation sites is 1. The lowest BCUT2D eigenvalue weighted by Crippen LogP contribution is -2.48. The lowest BCUT2D eigenvalue weighted by atomic mass is 9.87. The van der Waals surface area contributed by atoms with E-state index in [1.807, 2.05) is 36.4 Å². The number of aliphatic hydroxyl groups excluding tert-OH is 1. The van der Waals surface area contributed by atoms with Gasteiger partial charge in [-0.1, -0.05) is 60.7 Å². The molecule has 1 saturated heterocycles. The molecular formula is C30H38Cl2N2O2. The van der Waals surface area contributed by atoms with Crippen molar-refractivity contribution in [1.29, 1.82) is 0 Å². The molecule has 6 heteroatoms. The van der Waals surface area contributed by atoms with Crippen molar-refractivity contribution in [3.8, 4) is 5.75 Å². The predicted molar refractivity (Wildman–Crippen MR) is 157 cm³/mol. The summed E-state index contributed by atoms with van der Waals surface area (Å²) in [6.07, 6.45) is 1.39. The van der Waals surface area contributed by atoms with E-state index in [9.17, 15) is 10.2 Å². The molecular weight excluding hydrogens is 491 g/mol. The van der Waals surface area contributed by atoms with E-state index in [-0.39, 0.29) is 37.2 Å². The van der Waals surface area contributed by atoms with Gasteiger partial charge in [-0.3, -0.25) is 4.90 Å². The number of aromatic hydroxyl groups is 1. The van der Waals surface area contributed by atoms with Gasteiger partial charge in [-0.2, -0.15) is 0 Å². The predicted octanol–water partition coefficient (Wildman–Crippen LogP) is 6.50. The normalized spacial score (nSPS) is 14.6. The Morgan fingerprint density at radius 2 is 1.39 bits per heavy atom. The van der Waals surface area contributed by atoms with Crippen LogP contribution in [0, 0.1) is 0 Å². The van der Waals surface area contributed by atoms with Gasteiger partial charge in [-0.15, -0.1) is 24.8 Å². The van der Waals surface area contributed by atoms with Gasteiger partial charge >= 0.3 is 0 Å². The Labute approximate surface area is 228 Å². The third-order valence-electron chi connectivity index (χ3n) is 6.75. The molecule has 0 saturated carbocycles. The lowest BCUT2D eigenvalue weighted by Gasteiger charge is -2.38. The third-order valence-corrected chi connectivity index (χ3v) is 6.75. The monoisotopic (exact) mass is 528 g/mol. The molecule has 1 heterocycles. The minimum absolute atomic E-state index is 0. The van der Waals surface area contributed by atoms with Crippen molar-refractivity contribution in [3.63, 3.8) is 0 Å². The molecule has 3 aromatic rings. The number of halogens is 2. The van der Waals surface area contributed by atoms with E-state index in [1.165, 1.54) is 5.69 Å². The number of piperazine rings is 1. The molecule has 3 aromatic carbocycles. The van der Waals surface area contributed by atoms with Crippen LogP contribution in [-0.4, -0.2) is 53.9 Å². The zero-order valence-corrected chi connectivity index (χ0v) is 22.8. The topological polar surface area (TPSA) is 46.9 Å². The summed E-state index contributed by atoms with van der Waals surface area (Å²) >= 11 is 0. The van der Waals surface area contributed by atoms with Crippen molar-refractivity contribution in [2.75, 3.05) is 37.7 Å². The van der Waals surface area contributed by atoms with Crippen molar-refractivity contribution in [2.24, 2.45) is 0 Å². The van der Waals surface area contributed by atoms with Crippen LogP contribution in [-0.2, 0) is 0 Å². The standard InChI is InChI=1S/C30H36N2O2.2ClH/c1-23(2)31-18-20-32(21-19-31)26-16-14-25(15-17-26)30(28-11-6-7-13-29(28)34)27(12-8-22-33)24-9-4-3-5-10-24;;/h3-7,9-11,13-17,23,33-34H,8,12,18-22H2,1-2H3;2*1H/b30-27+;;. The number of hydrogen-bond acceptors (Lipinski definition) is 4. The van der Waals surface area contributed by atoms with E-state index in [2.05, 4.69) is 60.0 Å². The molecule has 0 radical (unpaired) electrons. The third kappa shape index (κ3) is 7.04. The summed E-state index contributed by atoms with van der Waals surface area (Å²) in [7, 11) is 0. The Balaban J connectivity index is 0.00000228. The highest BCUT2D eigenvalue weighted by Crippen LogP contribution is 2.39. The fraction of sp³-hybridized carbons (Fsp3) is 0.333. The fourth-order valence-electron chi connectivity index (χ4n) is 4.82. The molecule has 1 fully saturated rings. The van der Waals surface area contributed by atoms with Crippen LogP contribution < -0.4 is 4.90 Å². The first kappa shape index (κ1) is 29.7. The maximum atomic E-state index is 10.8. The summed E-state index contributed by atoms with van der Waals surface area (Å²) < 4.78 is 0. The molecule has 0 spiro atoms. The number of aliphatic hydroxyl groups is 1. The van der Waals surface area contributed by atoms with E-state index in [0.29, 0.717) is 12.5 Å². The van der Waals surface area contributed by atoms with Crippen molar-refractivity contribution in [1.82, 2.24) is 4.90 Å². The minimum Gasteiger partial charge on any atom is -0.507 e. The summed E-state index contributed by atoms with van der Waals surface area (Å²) in [6.45, 7) is 8.89. The number of nitrogens with zero attached hydrogens (tertiary/aromatic N) is 2. The van der Waals surface area contributed by atoms with E-state index in [1.54, 1.807) is 6.07 Å². The maximum absolute atomic E-state index is 10.8. The second-order valence-corrected chi connectivity index (χ2v) is 9.23. The second-order valence-electron chi connectivity index (χ2n) is 9.23. The second kappa shape index (κ2) is 14.3. The lowest BCUT2D eigenvalue weighted by molar-refractivity contribution is 0.209. The molecule has 0 aliphatic carbocycles. The molecule has 0 atom stereocenters. The van der Waals surface area contributed by atoms with Crippen LogP contribution in [0.5, 0.6) is 5.75 Å². The Bertz CT molecular complexity index is 1090. The molecule has 0 aromatic heterocycles. The SMILES string of the molecule is CC(C)N1CCN(c2ccc(/C(=C(/CCCO)c3ccccc3)c3ccccc3O)cc2)CC1.Cl.Cl. The molecule has 1 aliphatic heterocycles. The highest BCUT2D eigenvalue weighted by Gasteiger charge is 2.20. The number of phenols is 1. The Morgan fingerprint density at radius 3 is 1.97 bits per heavy atom. The number of benzene rings is 3. The largest absolute Gasteiger partial charge is 0.507 e. The van der Waals surface area contributed by atoms with Crippen molar-refractivity contribution < 1.29 is 10.2 Å². The van der Waals surface area contributed by atoms with E-state index in [0.717, 1.165) is 60.4 Å². The molecule has 4 rings (SSSR count). The van der Waals surface area contributed by atoms with Crippen LogP contribution in [0.4, 0.5) is 5.69 Å². The number of allylic oxidation sites excluding steroid dienone is 1. The van der Waals surface area contributed by atoms with Gasteiger partial charge in [0.25, 0.3) is 0 Å². The van der Waals surface area contributed by atoms with Crippen LogP contribution in [0.2, 0.25) is 0 Å². The summed E-state index contributed by atoms with van der Waals surface area (Å²) in [5.41, 5.74) is 6.40. The summed E-state index contributed by atoms with van der Waals surface area (Å²) in [6, 6.07) is 27.2. The first-order valence-electron chi connectivity index (χ1n) is 12.4. The quantitative estimate of drug-likeness (QED) is 0.327. The smallest absolute Gasteiger partial charge is 0.123 e. The molecule has 36 heavy (non-hydrogen) atoms. The van der Waals surface area contributed by atoms with Gasteiger partial charge in [-0.25, -0.2) is 0 Å². The van der Waals surface area contributed by atoms with Crippen LogP contribution in [0.1, 0.15) is 43.4 Å². The van der Waals surface area contributed by atoms with E-state index >= 15 is 0 Å². The van der Waals surface area contributed by atoms with Crippen LogP contribution in [0.3, 0.4) is 0 Å². The minimum atomic E-state index is 0. The van der Waals surface area contributed by atoms with Gasteiger partial charge in [0.15, 0.2) is 0 Å². The Kier molecular flexibility index (Phi) is 11.8. The fourth-order valence-corrected chi connectivity index (χ4v) is 4.82. The van der Waals surface area contributed by atoms with Gasteiger partial charge in [0, 0.05) is 50.1 Å². The van der Waals surface area contributed by atoms with Crippen molar-refractivity contribution >= 4 is 41.6 Å². The highest BCUT2D eigenvalue weighted by atomic mass is 35.5. The zero-order valence-electron chi connectivity index (χ0n) is 21.1. The number of phenolic OH excluding ortho intramolecular Hbond substituents is 1. The molecule has 0 amide bonds. The van der Waals surface area contributed by atoms with Crippen molar-refractivity contribution in [3.05, 3.63) is 95.6 Å². The first-order valence-corrected chi connectivity index (χ1v) is 12.4. The summed E-state index contributed by atoms with van der Waals surface area (Å²) in [4.78, 5) is 4.98. The molecule has 194 valence electrons. The number of hydrogen-bond donors (Lipinski definition) is 2. The molecule has 0 bridgehead atoms. The first-order chi connectivity index (χ1) is 16.6. The summed E-state index contributed by atoms with van der Waals surface area (Å²) in [5, 5.41) is 20.4. The van der Waals surface area contributed by atoms with Crippen LogP contribution in [0.25, 0.3) is 11.1 Å². The van der Waals surface area contributed by atoms with Gasteiger partial charge in [0.1, 0.15) is 5.75 Å². The van der Waals surface area contributed by atoms with Gasteiger partial charge in [0.2, 0.25) is 0 Å². The van der Waals surface area contributed by atoms with Crippen LogP contribution >= 0.6 is 24.8 Å². The summed E-state index contributed by atoms with van der Waals surface area (Å²) in [5.74, 6) is 0.267. The average Bonchev–Trinajstić information content (AvgIpc) is 2.88. The van der Waals surface area contributed by atoms with E-state index in [4.69, 9.17) is 0 Å². The molecule has 0 unspecified atom stereocenters. The maximum Gasteiger partial charge on any atom is 0.123 e. The van der Waals surface area contributed by atoms with Gasteiger partial charge in [0.05, 0.1) is 0 Å². The van der Waals surface area contributed by atoms with Gasteiger partial charge < -0.3 is 15.1 Å². The molecule has 1 aliphatic rings. The highest BCUT2D eigenvalue weighted by molar-refractivity contribution is 6.00. The molecule has 2 N–H and O–H groups in total.